The molecule has 0 radical (unpaired) electrons. The van der Waals surface area contributed by atoms with E-state index in [0.29, 0.717) is 5.88 Å². The van der Waals surface area contributed by atoms with Gasteiger partial charge in [-0.15, -0.1) is 0 Å². The number of fused-ring (bicyclic) bond motifs is 1. The van der Waals surface area contributed by atoms with E-state index in [1.807, 2.05) is 47.3 Å². The van der Waals surface area contributed by atoms with E-state index in [1.165, 1.54) is 5.56 Å². The summed E-state index contributed by atoms with van der Waals surface area (Å²) in [5, 5.41) is 0. The van der Waals surface area contributed by atoms with E-state index < -0.39 is 0 Å². The third-order valence-corrected chi connectivity index (χ3v) is 4.62. The van der Waals surface area contributed by atoms with Gasteiger partial charge in [0.05, 0.1) is 11.0 Å². The first-order chi connectivity index (χ1) is 12.9. The largest absolute Gasteiger partial charge is 0.437 e. The van der Waals surface area contributed by atoms with Gasteiger partial charge in [-0.3, -0.25) is 4.57 Å². The highest BCUT2D eigenvalue weighted by Crippen LogP contribution is 2.35. The summed E-state index contributed by atoms with van der Waals surface area (Å²) in [6, 6.07) is 18.3. The number of nitrogens with zero attached hydrogens (tertiary/aromatic N) is 3. The fourth-order valence-electron chi connectivity index (χ4n) is 3.23. The van der Waals surface area contributed by atoms with Crippen LogP contribution >= 0.6 is 0 Å². The number of hydrogen-bond acceptors (Lipinski definition) is 3. The molecule has 2 aromatic carbocycles. The molecule has 0 bridgehead atoms. The molecule has 0 aliphatic carbocycles. The van der Waals surface area contributed by atoms with E-state index in [2.05, 4.69) is 55.9 Å². The Morgan fingerprint density at radius 2 is 1.74 bits per heavy atom. The van der Waals surface area contributed by atoms with Crippen LogP contribution in [0.1, 0.15) is 31.9 Å². The lowest BCUT2D eigenvalue weighted by Crippen LogP contribution is -2.12. The zero-order valence-corrected chi connectivity index (χ0v) is 16.1. The first kappa shape index (κ1) is 17.3. The Morgan fingerprint density at radius 3 is 2.56 bits per heavy atom. The fourth-order valence-corrected chi connectivity index (χ4v) is 3.23. The number of aryl methyl sites for hydroxylation is 1. The van der Waals surface area contributed by atoms with Gasteiger partial charge < -0.3 is 4.74 Å². The van der Waals surface area contributed by atoms with Gasteiger partial charge in [0, 0.05) is 11.8 Å². The van der Waals surface area contributed by atoms with Crippen molar-refractivity contribution in [1.82, 2.24) is 14.5 Å². The van der Waals surface area contributed by atoms with E-state index in [1.54, 1.807) is 6.20 Å². The molecule has 0 saturated heterocycles. The lowest BCUT2D eigenvalue weighted by molar-refractivity contribution is 0.438. The van der Waals surface area contributed by atoms with Gasteiger partial charge in [0.15, 0.2) is 0 Å². The highest BCUT2D eigenvalue weighted by Gasteiger charge is 2.20. The molecule has 0 saturated carbocycles. The van der Waals surface area contributed by atoms with E-state index in [9.17, 15) is 0 Å². The van der Waals surface area contributed by atoms with Gasteiger partial charge in [0.2, 0.25) is 5.88 Å². The van der Waals surface area contributed by atoms with Crippen molar-refractivity contribution in [2.24, 2.45) is 0 Å². The SMILES string of the molecule is Cc1ccc2ncn(-c3cccnc3Oc3ccccc3C(C)(C)C)c2c1. The zero-order chi connectivity index (χ0) is 19.0. The average Bonchev–Trinajstić information content (AvgIpc) is 3.04. The molecule has 0 aliphatic heterocycles. The zero-order valence-electron chi connectivity index (χ0n) is 16.1. The minimum Gasteiger partial charge on any atom is -0.437 e. The van der Waals surface area contributed by atoms with Gasteiger partial charge >= 0.3 is 0 Å². The maximum atomic E-state index is 6.31. The minimum atomic E-state index is -0.0235. The molecule has 27 heavy (non-hydrogen) atoms. The molecule has 0 fully saturated rings. The Hall–Kier alpha value is -3.14. The molecule has 0 unspecified atom stereocenters. The summed E-state index contributed by atoms with van der Waals surface area (Å²) in [4.78, 5) is 9.03. The van der Waals surface area contributed by atoms with Crippen LogP contribution in [-0.2, 0) is 5.41 Å². The number of para-hydroxylation sites is 1. The van der Waals surface area contributed by atoms with Crippen LogP contribution in [0, 0.1) is 6.92 Å². The molecule has 136 valence electrons. The summed E-state index contributed by atoms with van der Waals surface area (Å²) in [5.41, 5.74) is 5.17. The summed E-state index contributed by atoms with van der Waals surface area (Å²) < 4.78 is 8.34. The van der Waals surface area contributed by atoms with Crippen molar-refractivity contribution in [1.29, 1.82) is 0 Å². The van der Waals surface area contributed by atoms with Gasteiger partial charge in [0.25, 0.3) is 0 Å². The first-order valence-corrected chi connectivity index (χ1v) is 9.10. The lowest BCUT2D eigenvalue weighted by Gasteiger charge is -2.22. The van der Waals surface area contributed by atoms with Crippen LogP contribution in [0.4, 0.5) is 0 Å². The summed E-state index contributed by atoms with van der Waals surface area (Å²) in [6.45, 7) is 8.62. The van der Waals surface area contributed by atoms with Gasteiger partial charge in [0.1, 0.15) is 17.8 Å². The van der Waals surface area contributed by atoms with Gasteiger partial charge in [-0.2, -0.15) is 0 Å². The Balaban J connectivity index is 1.83. The van der Waals surface area contributed by atoms with E-state index in [-0.39, 0.29) is 5.41 Å². The van der Waals surface area contributed by atoms with E-state index in [4.69, 9.17) is 4.74 Å². The van der Waals surface area contributed by atoms with Crippen molar-refractivity contribution in [3.05, 3.63) is 78.2 Å². The van der Waals surface area contributed by atoms with Crippen LogP contribution in [0.3, 0.4) is 0 Å². The molecule has 4 heteroatoms. The van der Waals surface area contributed by atoms with Crippen LogP contribution in [0.15, 0.2) is 67.1 Å². The molecule has 4 nitrogen and oxygen atoms in total. The number of rotatable bonds is 3. The quantitative estimate of drug-likeness (QED) is 0.464. The van der Waals surface area contributed by atoms with Gasteiger partial charge in [-0.05, 0) is 48.2 Å². The number of benzene rings is 2. The maximum Gasteiger partial charge on any atom is 0.243 e. The monoisotopic (exact) mass is 357 g/mol. The van der Waals surface area contributed by atoms with Crippen molar-refractivity contribution in [2.75, 3.05) is 0 Å². The predicted octanol–water partition coefficient (Wildman–Crippen LogP) is 5.82. The van der Waals surface area contributed by atoms with E-state index in [0.717, 1.165) is 28.0 Å². The number of ether oxygens (including phenoxy) is 1. The summed E-state index contributed by atoms with van der Waals surface area (Å²) in [7, 11) is 0. The molecule has 2 aromatic heterocycles. The number of pyridine rings is 1. The highest BCUT2D eigenvalue weighted by atomic mass is 16.5. The minimum absolute atomic E-state index is 0.0235. The third kappa shape index (κ3) is 3.31. The summed E-state index contributed by atoms with van der Waals surface area (Å²) in [5.74, 6) is 1.39. The second-order valence-electron chi connectivity index (χ2n) is 7.78. The fraction of sp³-hybridized carbons (Fsp3) is 0.217. The second-order valence-corrected chi connectivity index (χ2v) is 7.78. The Bertz CT molecular complexity index is 1110. The lowest BCUT2D eigenvalue weighted by atomic mass is 9.86. The molecule has 0 amide bonds. The standard InChI is InChI=1S/C23H23N3O/c1-16-11-12-18-20(14-16)26(15-25-18)19-9-7-13-24-22(19)27-21-10-6-5-8-17(21)23(2,3)4/h5-15H,1-4H3. The molecule has 4 rings (SSSR count). The second kappa shape index (κ2) is 6.54. The first-order valence-electron chi connectivity index (χ1n) is 9.10. The van der Waals surface area contributed by atoms with Crippen LogP contribution in [0.5, 0.6) is 11.6 Å². The van der Waals surface area contributed by atoms with Gasteiger partial charge in [-0.25, -0.2) is 9.97 Å². The normalized spacial score (nSPS) is 11.7. The molecule has 0 spiro atoms. The summed E-state index contributed by atoms with van der Waals surface area (Å²) in [6.07, 6.45) is 3.58. The Labute approximate surface area is 159 Å². The molecule has 0 aliphatic rings. The molecular formula is C23H23N3O. The third-order valence-electron chi connectivity index (χ3n) is 4.62. The highest BCUT2D eigenvalue weighted by molar-refractivity contribution is 5.78. The van der Waals surface area contributed by atoms with Crippen molar-refractivity contribution in [3.63, 3.8) is 0 Å². The smallest absolute Gasteiger partial charge is 0.243 e. The summed E-state index contributed by atoms with van der Waals surface area (Å²) >= 11 is 0. The van der Waals surface area contributed by atoms with Crippen molar-refractivity contribution >= 4 is 11.0 Å². The average molecular weight is 357 g/mol. The molecule has 4 aromatic rings. The Kier molecular flexibility index (Phi) is 4.19. The van der Waals surface area contributed by atoms with Crippen molar-refractivity contribution < 1.29 is 4.74 Å². The van der Waals surface area contributed by atoms with Crippen LogP contribution in [-0.4, -0.2) is 14.5 Å². The number of imidazole rings is 1. The number of aromatic nitrogens is 3. The van der Waals surface area contributed by atoms with Crippen molar-refractivity contribution in [3.8, 4) is 17.3 Å². The molecule has 0 atom stereocenters. The molecule has 2 heterocycles. The van der Waals surface area contributed by atoms with E-state index >= 15 is 0 Å². The van der Waals surface area contributed by atoms with Gasteiger partial charge in [-0.1, -0.05) is 45.0 Å². The van der Waals surface area contributed by atoms with Crippen LogP contribution in [0.2, 0.25) is 0 Å². The maximum absolute atomic E-state index is 6.31. The molecular weight excluding hydrogens is 334 g/mol. The predicted molar refractivity (Wildman–Crippen MR) is 109 cm³/mol. The molecule has 0 N–H and O–H groups in total. The van der Waals surface area contributed by atoms with Crippen molar-refractivity contribution in [2.45, 2.75) is 33.1 Å². The topological polar surface area (TPSA) is 39.9 Å². The van der Waals surface area contributed by atoms with Crippen LogP contribution in [0.25, 0.3) is 16.7 Å². The number of hydrogen-bond donors (Lipinski definition) is 0. The Morgan fingerprint density at radius 1 is 0.926 bits per heavy atom. The van der Waals surface area contributed by atoms with Crippen LogP contribution < -0.4 is 4.74 Å².